The fourth-order valence-corrected chi connectivity index (χ4v) is 4.93. The molecule has 5 aromatic rings. The number of alkyl halides is 3. The van der Waals surface area contributed by atoms with Gasteiger partial charge in [-0.05, 0) is 42.7 Å². The van der Waals surface area contributed by atoms with Gasteiger partial charge >= 0.3 is 12.3 Å². The van der Waals surface area contributed by atoms with Crippen LogP contribution in [0.1, 0.15) is 28.6 Å². The van der Waals surface area contributed by atoms with Crippen molar-refractivity contribution in [1.29, 1.82) is 0 Å². The number of fused-ring (bicyclic) bond motifs is 4. The number of aromatic nitrogens is 5. The number of amides is 1. The Morgan fingerprint density at radius 3 is 2.70 bits per heavy atom. The normalized spacial score (nSPS) is 15.8. The topological polar surface area (TPSA) is 86.9 Å². The molecule has 0 spiro atoms. The summed E-state index contributed by atoms with van der Waals surface area (Å²) in [5.74, 6) is 0. The van der Waals surface area contributed by atoms with Gasteiger partial charge in [-0.3, -0.25) is 4.98 Å². The van der Waals surface area contributed by atoms with E-state index in [1.165, 1.54) is 10.9 Å². The fourth-order valence-electron chi connectivity index (χ4n) is 4.93. The Kier molecular flexibility index (Phi) is 5.27. The van der Waals surface area contributed by atoms with Gasteiger partial charge in [0.1, 0.15) is 0 Å². The molecule has 3 aromatic heterocycles. The summed E-state index contributed by atoms with van der Waals surface area (Å²) in [5, 5.41) is 12.6. The van der Waals surface area contributed by atoms with Crippen LogP contribution in [0.4, 0.5) is 18.0 Å². The maximum Gasteiger partial charge on any atom is 0.504 e. The lowest BCUT2D eigenvalue weighted by molar-refractivity contribution is -0.212. The van der Waals surface area contributed by atoms with Crippen molar-refractivity contribution < 1.29 is 22.7 Å². The Hall–Kier alpha value is -4.25. The largest absolute Gasteiger partial charge is 0.504 e. The minimum Gasteiger partial charge on any atom is -0.374 e. The Morgan fingerprint density at radius 2 is 1.92 bits per heavy atom. The van der Waals surface area contributed by atoms with Crippen LogP contribution >= 0.6 is 0 Å². The average Bonchev–Trinajstić information content (AvgIpc) is 3.50. The van der Waals surface area contributed by atoms with Gasteiger partial charge in [-0.1, -0.05) is 30.3 Å². The van der Waals surface area contributed by atoms with Gasteiger partial charge in [0.25, 0.3) is 0 Å². The van der Waals surface area contributed by atoms with Crippen LogP contribution in [0.3, 0.4) is 0 Å². The lowest BCUT2D eigenvalue weighted by Crippen LogP contribution is -2.37. The molecule has 6 rings (SSSR count). The zero-order valence-corrected chi connectivity index (χ0v) is 19.9. The second kappa shape index (κ2) is 8.41. The summed E-state index contributed by atoms with van der Waals surface area (Å²) in [4.78, 5) is 18.1. The molecule has 8 nitrogen and oxygen atoms in total. The minimum atomic E-state index is -4.58. The maximum atomic E-state index is 13.5. The van der Waals surface area contributed by atoms with E-state index in [1.54, 1.807) is 18.2 Å². The zero-order chi connectivity index (χ0) is 25.9. The third-order valence-corrected chi connectivity index (χ3v) is 6.60. The number of rotatable bonds is 2. The van der Waals surface area contributed by atoms with Gasteiger partial charge in [0, 0.05) is 28.2 Å². The van der Waals surface area contributed by atoms with Crippen molar-refractivity contribution in [3.63, 3.8) is 0 Å². The Labute approximate surface area is 208 Å². The van der Waals surface area contributed by atoms with Crippen LogP contribution in [0.15, 0.2) is 54.9 Å². The summed E-state index contributed by atoms with van der Waals surface area (Å²) in [7, 11) is 0. The number of pyridine rings is 1. The van der Waals surface area contributed by atoms with E-state index in [0.717, 1.165) is 39.3 Å². The molecule has 2 aromatic carbocycles. The van der Waals surface area contributed by atoms with Gasteiger partial charge in [-0.15, -0.1) is 13.2 Å². The van der Waals surface area contributed by atoms with Crippen LogP contribution in [-0.2, 0) is 17.6 Å². The number of nitrogens with one attached hydrogen (secondary N) is 1. The second-order valence-corrected chi connectivity index (χ2v) is 9.01. The van der Waals surface area contributed by atoms with Crippen molar-refractivity contribution in [2.45, 2.75) is 32.8 Å². The molecule has 1 aliphatic heterocycles. The minimum absolute atomic E-state index is 0.0291. The highest BCUT2D eigenvalue weighted by Gasteiger charge is 2.32. The van der Waals surface area contributed by atoms with E-state index in [2.05, 4.69) is 20.5 Å². The van der Waals surface area contributed by atoms with Crippen LogP contribution in [0.5, 0.6) is 0 Å². The number of halogens is 3. The van der Waals surface area contributed by atoms with E-state index in [1.807, 2.05) is 38.1 Å². The predicted octanol–water partition coefficient (Wildman–Crippen LogP) is 5.37. The molecule has 0 saturated heterocycles. The number of ether oxygens (including phenoxy) is 1. The first-order valence-electron chi connectivity index (χ1n) is 11.6. The van der Waals surface area contributed by atoms with Gasteiger partial charge in [-0.2, -0.15) is 19.6 Å². The molecule has 1 amide bonds. The number of nitrogens with zero attached hydrogens (tertiary/aromatic N) is 5. The zero-order valence-electron chi connectivity index (χ0n) is 19.9. The summed E-state index contributed by atoms with van der Waals surface area (Å²) in [6.07, 6.45) is -2.47. The van der Waals surface area contributed by atoms with Crippen LogP contribution < -0.4 is 5.32 Å². The highest BCUT2D eigenvalue weighted by Crippen LogP contribution is 2.32. The van der Waals surface area contributed by atoms with Gasteiger partial charge in [-0.25, -0.2) is 4.79 Å². The molecule has 0 radical (unpaired) electrons. The van der Waals surface area contributed by atoms with E-state index in [-0.39, 0.29) is 17.9 Å². The number of hydrogen-bond acceptors (Lipinski definition) is 5. The molecule has 1 N–H and O–H groups in total. The van der Waals surface area contributed by atoms with Gasteiger partial charge in [0.05, 0.1) is 42.2 Å². The smallest absolute Gasteiger partial charge is 0.374 e. The highest BCUT2D eigenvalue weighted by atomic mass is 19.4. The Morgan fingerprint density at radius 1 is 1.11 bits per heavy atom. The molecule has 11 heteroatoms. The Balaban J connectivity index is 1.33. The van der Waals surface area contributed by atoms with E-state index < -0.39 is 18.4 Å². The number of para-hydroxylation sites is 1. The van der Waals surface area contributed by atoms with Crippen molar-refractivity contribution in [2.75, 3.05) is 6.61 Å². The first-order valence-corrected chi connectivity index (χ1v) is 11.6. The lowest BCUT2D eigenvalue weighted by atomic mass is 9.95. The predicted molar refractivity (Wildman–Crippen MR) is 130 cm³/mol. The Bertz CT molecular complexity index is 1690. The number of aryl methyl sites for hydroxylation is 2. The number of carbonyl (C=O) groups is 1. The quantitative estimate of drug-likeness (QED) is 0.348. The molecule has 0 bridgehead atoms. The lowest BCUT2D eigenvalue weighted by Gasteiger charge is -2.27. The average molecular weight is 506 g/mol. The van der Waals surface area contributed by atoms with E-state index in [0.29, 0.717) is 22.3 Å². The third kappa shape index (κ3) is 3.91. The molecule has 188 valence electrons. The molecule has 4 heterocycles. The van der Waals surface area contributed by atoms with E-state index in [9.17, 15) is 18.0 Å². The highest BCUT2D eigenvalue weighted by molar-refractivity contribution is 6.08. The van der Waals surface area contributed by atoms with Gasteiger partial charge in [0.15, 0.2) is 0 Å². The maximum absolute atomic E-state index is 13.5. The van der Waals surface area contributed by atoms with Crippen LogP contribution in [0.2, 0.25) is 0 Å². The van der Waals surface area contributed by atoms with Gasteiger partial charge < -0.3 is 10.1 Å². The molecule has 0 aliphatic carbocycles. The summed E-state index contributed by atoms with van der Waals surface area (Å²) in [6, 6.07) is 12.0. The van der Waals surface area contributed by atoms with Crippen molar-refractivity contribution in [3.05, 3.63) is 77.4 Å². The van der Waals surface area contributed by atoms with Crippen LogP contribution in [-0.4, -0.2) is 37.2 Å². The first-order chi connectivity index (χ1) is 17.7. The van der Waals surface area contributed by atoms with Crippen LogP contribution in [0, 0.1) is 13.8 Å². The van der Waals surface area contributed by atoms with Crippen molar-refractivity contribution in [1.82, 2.24) is 29.9 Å². The number of hydrogen-bond donors (Lipinski definition) is 1. The molecule has 0 fully saturated rings. The second-order valence-electron chi connectivity index (χ2n) is 9.01. The van der Waals surface area contributed by atoms with E-state index >= 15 is 0 Å². The molecular weight excluding hydrogens is 485 g/mol. The molecule has 37 heavy (non-hydrogen) atoms. The first kappa shape index (κ1) is 23.2. The number of carbonyl (C=O) groups excluding carboxylic acids is 1. The molecule has 0 saturated carbocycles. The van der Waals surface area contributed by atoms with Crippen molar-refractivity contribution >= 4 is 27.8 Å². The molecular formula is C26H21F3N6O2. The SMILES string of the molecule is Cc1nc2ccccc2c2c1c(C)nn2C(=O)N[C@@H]1COCc2cc(-c3cnn(C(F)(F)F)c3)ccc21. The third-order valence-electron chi connectivity index (χ3n) is 6.60. The molecule has 0 unspecified atom stereocenters. The summed E-state index contributed by atoms with van der Waals surface area (Å²) >= 11 is 0. The monoisotopic (exact) mass is 506 g/mol. The fraction of sp³-hybridized carbons (Fsp3) is 0.231. The molecule has 1 atom stereocenters. The standard InChI is InChI=1S/C26H21F3N6O2/c1-14-23-15(2)33-35(24(23)20-5-3-4-6-21(20)31-14)25(36)32-22-13-37-12-17-9-16(7-8-19(17)22)18-10-30-34(11-18)26(27,28)29/h3-11,22H,12-13H2,1-2H3,(H,32,36)/t22-/m1/s1. The van der Waals surface area contributed by atoms with Crippen LogP contribution in [0.25, 0.3) is 32.9 Å². The molecule has 1 aliphatic rings. The summed E-state index contributed by atoms with van der Waals surface area (Å²) in [5.41, 5.74) is 5.47. The summed E-state index contributed by atoms with van der Waals surface area (Å²) < 4.78 is 45.9. The van der Waals surface area contributed by atoms with Crippen molar-refractivity contribution in [2.24, 2.45) is 0 Å². The van der Waals surface area contributed by atoms with Gasteiger partial charge in [0.2, 0.25) is 0 Å². The van der Waals surface area contributed by atoms with Crippen molar-refractivity contribution in [3.8, 4) is 11.1 Å². The number of benzene rings is 2. The summed E-state index contributed by atoms with van der Waals surface area (Å²) in [6.45, 7) is 4.27. The van der Waals surface area contributed by atoms with E-state index in [4.69, 9.17) is 4.74 Å².